The molecule has 85 heavy (non-hydrogen) atoms. The van der Waals surface area contributed by atoms with Crippen molar-refractivity contribution in [1.82, 2.24) is 0 Å². The van der Waals surface area contributed by atoms with Crippen molar-refractivity contribution in [3.05, 3.63) is 11.1 Å². The van der Waals surface area contributed by atoms with E-state index in [1.807, 2.05) is 6.92 Å². The summed E-state index contributed by atoms with van der Waals surface area (Å²) in [5.41, 5.74) is -0.0150. The van der Waals surface area contributed by atoms with E-state index in [1.54, 1.807) is 0 Å². The van der Waals surface area contributed by atoms with Gasteiger partial charge in [0.05, 0.1) is 58.0 Å². The summed E-state index contributed by atoms with van der Waals surface area (Å²) in [5.74, 6) is 0.00180. The molecule has 0 aromatic heterocycles. The summed E-state index contributed by atoms with van der Waals surface area (Å²) in [6.07, 6.45) is -36.7. The molecule has 0 aromatic carbocycles. The lowest BCUT2D eigenvalue weighted by molar-refractivity contribution is -0.397. The Hall–Kier alpha value is -1.67. The van der Waals surface area contributed by atoms with Gasteiger partial charge in [-0.2, -0.15) is 0 Å². The predicted octanol–water partition coefficient (Wildman–Crippen LogP) is -5.03. The second-order valence-electron chi connectivity index (χ2n) is 26.3. The molecular formula is C57H92O28. The van der Waals surface area contributed by atoms with Crippen LogP contribution in [0.3, 0.4) is 0 Å². The fraction of sp³-hybridized carbons (Fsp3) is 0.947. The van der Waals surface area contributed by atoms with Crippen molar-refractivity contribution in [2.75, 3.05) is 46.2 Å². The Morgan fingerprint density at radius 2 is 1.09 bits per heavy atom. The standard InChI is InChI=1S/C57H92O28/c1-6-26(63)28-15-23(2)57(85-28)14-13-54(4)25-7-8-33-53(3,24(25)9-12-55(54,57)5)11-10-34(56(33,21-61)22-62)81-48-43(73)41(71)38(68)32(80-48)20-76-51-46(35(65)27(64)19-75-51)83-52-47(84-49-42(72)37(67)30(17-59)78-49)45(39(69)31(18-60)79-52)82-50-44(74)40(70)36(66)29(16-58)77-50/h23,27-52,58-62,64-74H,6-22H2,1-5H3/t23-,27+,28+,29-,30+,31-,32-,33-,34+,35+,36-,37+,38-,39-,40+,41+,42-,43-,44-,45+,46-,47-,48+,49+,50+,51+,52+,53-,54+,55+,57+/m1/s1. The van der Waals surface area contributed by atoms with Crippen LogP contribution in [0.4, 0.5) is 0 Å². The number of carbonyl (C=O) groups excluding carboxylic acids is 1. The third-order valence-electron chi connectivity index (χ3n) is 22.3. The summed E-state index contributed by atoms with van der Waals surface area (Å²) in [6.45, 7) is 6.03. The van der Waals surface area contributed by atoms with Crippen LogP contribution in [0.1, 0.15) is 98.8 Å². The van der Waals surface area contributed by atoms with Gasteiger partial charge in [0.2, 0.25) is 0 Å². The SMILES string of the molecule is CCC(=O)[C@@H]1C[C@@H](C)[C@]2(CC[C@@]3(C)C4=C(CC[C@@]32C)[C@@]2(C)CC[C@H](O[C@@H]3O[C@H](CO[C@@H]5OC[C@H](O)[C@H](O)[C@H]5O[C@@H]5O[C@H](CO)[C@@H](O)[C@H](O[C@@H]6O[C@H](CO)[C@@H](O)[C@H](O)[C@H]6O)[C@H]5O[C@@H]5O[C@@H](CO)[C@H](O)[C@H]5O)[C@@H](O)[C@H](O)[C@H]3O)C(CO)(CO)[C@@H]2CC4)O1. The molecule has 2 saturated carbocycles. The summed E-state index contributed by atoms with van der Waals surface area (Å²) in [5, 5.41) is 175. The van der Waals surface area contributed by atoms with E-state index in [0.717, 1.165) is 25.7 Å². The zero-order chi connectivity index (χ0) is 61.6. The monoisotopic (exact) mass is 1220 g/mol. The number of ketones is 1. The number of hydrogen-bond donors (Lipinski definition) is 16. The number of aliphatic hydroxyl groups excluding tert-OH is 16. The molecule has 6 saturated heterocycles. The van der Waals surface area contributed by atoms with E-state index >= 15 is 0 Å². The Morgan fingerprint density at radius 3 is 1.71 bits per heavy atom. The quantitative estimate of drug-likeness (QED) is 0.0571. The van der Waals surface area contributed by atoms with Gasteiger partial charge in [-0.15, -0.1) is 0 Å². The van der Waals surface area contributed by atoms with Crippen molar-refractivity contribution in [1.29, 1.82) is 0 Å². The first kappa shape index (κ1) is 66.3. The molecule has 31 atom stereocenters. The highest BCUT2D eigenvalue weighted by Gasteiger charge is 2.72. The number of Topliss-reactive ketones (excluding diaryl/α,β-unsaturated/α-hetero) is 1. The second-order valence-corrected chi connectivity index (χ2v) is 26.3. The lowest BCUT2D eigenvalue weighted by atomic mass is 9.42. The minimum Gasteiger partial charge on any atom is -0.396 e. The van der Waals surface area contributed by atoms with Gasteiger partial charge in [-0.1, -0.05) is 45.8 Å². The van der Waals surface area contributed by atoms with Crippen LogP contribution >= 0.6 is 0 Å². The summed E-state index contributed by atoms with van der Waals surface area (Å²) in [7, 11) is 0. The van der Waals surface area contributed by atoms with Crippen molar-refractivity contribution in [3.8, 4) is 0 Å². The number of fused-ring (bicyclic) bond motifs is 5. The van der Waals surface area contributed by atoms with Crippen LogP contribution in [0.2, 0.25) is 0 Å². The molecule has 0 bridgehead atoms. The largest absolute Gasteiger partial charge is 0.396 e. The van der Waals surface area contributed by atoms with Crippen LogP contribution in [0.15, 0.2) is 11.1 Å². The smallest absolute Gasteiger partial charge is 0.187 e. The van der Waals surface area contributed by atoms with Crippen LogP contribution in [0.25, 0.3) is 0 Å². The van der Waals surface area contributed by atoms with Crippen molar-refractivity contribution in [2.24, 2.45) is 33.5 Å². The van der Waals surface area contributed by atoms with Crippen LogP contribution in [-0.4, -0.2) is 293 Å². The number of ether oxygens (including phenoxy) is 11. The second kappa shape index (κ2) is 25.4. The van der Waals surface area contributed by atoms with E-state index in [0.29, 0.717) is 32.1 Å². The van der Waals surface area contributed by atoms with Gasteiger partial charge in [-0.3, -0.25) is 4.79 Å². The van der Waals surface area contributed by atoms with Gasteiger partial charge in [0.1, 0.15) is 116 Å². The van der Waals surface area contributed by atoms with Crippen molar-refractivity contribution >= 4 is 5.78 Å². The molecule has 1 spiro atoms. The van der Waals surface area contributed by atoms with E-state index in [2.05, 4.69) is 27.7 Å². The highest BCUT2D eigenvalue weighted by atomic mass is 16.8. The zero-order valence-electron chi connectivity index (χ0n) is 48.7. The maximum absolute atomic E-state index is 13.0. The van der Waals surface area contributed by atoms with Gasteiger partial charge in [0.15, 0.2) is 37.2 Å². The maximum Gasteiger partial charge on any atom is 0.187 e. The third-order valence-corrected chi connectivity index (χ3v) is 22.3. The minimum absolute atomic E-state index is 0.129. The summed E-state index contributed by atoms with van der Waals surface area (Å²) in [6, 6.07) is 0. The molecule has 10 aliphatic rings. The molecule has 0 aromatic rings. The molecule has 488 valence electrons. The number of carbonyl (C=O) groups is 1. The van der Waals surface area contributed by atoms with E-state index in [9.17, 15) is 86.5 Å². The van der Waals surface area contributed by atoms with Crippen LogP contribution < -0.4 is 0 Å². The lowest BCUT2D eigenvalue weighted by Gasteiger charge is -2.64. The molecule has 4 aliphatic carbocycles. The molecule has 8 fully saturated rings. The normalized spacial score (nSPS) is 52.5. The molecule has 10 rings (SSSR count). The molecule has 6 heterocycles. The molecule has 28 heteroatoms. The fourth-order valence-electron chi connectivity index (χ4n) is 17.0. The summed E-state index contributed by atoms with van der Waals surface area (Å²) < 4.78 is 66.8. The number of rotatable bonds is 18. The molecule has 6 aliphatic heterocycles. The Morgan fingerprint density at radius 1 is 0.553 bits per heavy atom. The van der Waals surface area contributed by atoms with E-state index in [-0.39, 0.29) is 34.9 Å². The summed E-state index contributed by atoms with van der Waals surface area (Å²) in [4.78, 5) is 13.0. The van der Waals surface area contributed by atoms with E-state index in [1.165, 1.54) is 11.1 Å². The van der Waals surface area contributed by atoms with Gasteiger partial charge in [-0.25, -0.2) is 0 Å². The highest BCUT2D eigenvalue weighted by molar-refractivity contribution is 5.83. The lowest BCUT2D eigenvalue weighted by Crippen LogP contribution is -2.67. The minimum atomic E-state index is -2.06. The first-order chi connectivity index (χ1) is 40.3. The maximum atomic E-state index is 13.0. The van der Waals surface area contributed by atoms with Crippen LogP contribution in [0.5, 0.6) is 0 Å². The van der Waals surface area contributed by atoms with Gasteiger partial charge in [0, 0.05) is 17.3 Å². The average Bonchev–Trinajstić information content (AvgIpc) is 1.61. The van der Waals surface area contributed by atoms with Crippen LogP contribution in [0, 0.1) is 33.5 Å². The molecule has 0 radical (unpaired) electrons. The molecule has 16 N–H and O–H groups in total. The Kier molecular flexibility index (Phi) is 19.8. The van der Waals surface area contributed by atoms with Gasteiger partial charge in [0.25, 0.3) is 0 Å². The van der Waals surface area contributed by atoms with E-state index in [4.69, 9.17) is 52.1 Å². The molecular weight excluding hydrogens is 1130 g/mol. The Labute approximate surface area is 492 Å². The van der Waals surface area contributed by atoms with Crippen molar-refractivity contribution in [2.45, 2.75) is 258 Å². The van der Waals surface area contributed by atoms with Crippen LogP contribution in [-0.2, 0) is 56.9 Å². The molecule has 0 amide bonds. The topological polar surface area (TPSA) is 442 Å². The highest BCUT2D eigenvalue weighted by Crippen LogP contribution is 2.75. The van der Waals surface area contributed by atoms with E-state index < -0.39 is 216 Å². The average molecular weight is 1230 g/mol. The number of aliphatic hydroxyl groups is 16. The van der Waals surface area contributed by atoms with Gasteiger partial charge < -0.3 is 134 Å². The first-order valence-electron chi connectivity index (χ1n) is 30.2. The van der Waals surface area contributed by atoms with Gasteiger partial charge in [-0.05, 0) is 80.5 Å². The molecule has 0 unspecified atom stereocenters. The zero-order valence-corrected chi connectivity index (χ0v) is 48.7. The third kappa shape index (κ3) is 10.8. The number of hydrogen-bond acceptors (Lipinski definition) is 28. The first-order valence-corrected chi connectivity index (χ1v) is 30.2. The summed E-state index contributed by atoms with van der Waals surface area (Å²) >= 11 is 0. The van der Waals surface area contributed by atoms with Gasteiger partial charge >= 0.3 is 0 Å². The van der Waals surface area contributed by atoms with Crippen molar-refractivity contribution in [3.63, 3.8) is 0 Å². The number of allylic oxidation sites excluding steroid dienone is 2. The molecule has 28 nitrogen and oxygen atoms in total. The predicted molar refractivity (Wildman–Crippen MR) is 282 cm³/mol. The van der Waals surface area contributed by atoms with Crippen molar-refractivity contribution < 1.29 is 139 Å². The Balaban J connectivity index is 0.863. The Bertz CT molecular complexity index is 2330. The fourth-order valence-corrected chi connectivity index (χ4v) is 17.0.